The average Bonchev–Trinajstić information content (AvgIpc) is 2.85. The van der Waals surface area contributed by atoms with Gasteiger partial charge in [-0.25, -0.2) is 8.42 Å². The maximum atomic E-state index is 14.7. The van der Waals surface area contributed by atoms with Gasteiger partial charge >= 0.3 is 0 Å². The number of halogens is 1. The second kappa shape index (κ2) is 10.8. The van der Waals surface area contributed by atoms with Gasteiger partial charge < -0.3 is 5.11 Å². The summed E-state index contributed by atoms with van der Waals surface area (Å²) < 4.78 is 39.7. The summed E-state index contributed by atoms with van der Waals surface area (Å²) in [6.07, 6.45) is 16.7. The maximum Gasteiger partial charge on any atom is 0.232 e. The standard InChI is InChI=1S/C30H37FO3S/c1-22-23(10-6-17-28(22)32)19-20-24-11-9-21-30(2)25(12-7-16-27(24)30)13-8-18-29(31)35(33,34)26-14-4-3-5-15-26/h3-5,12,14-15,18-20,27-28,32H,1,6-11,13,16-17,21H2,2H3/b23-19-,24-20+,29-18-. The molecule has 0 spiro atoms. The first kappa shape index (κ1) is 25.8. The zero-order valence-electron chi connectivity index (χ0n) is 20.7. The quantitative estimate of drug-likeness (QED) is 0.414. The largest absolute Gasteiger partial charge is 0.388 e. The van der Waals surface area contributed by atoms with Crippen LogP contribution in [0.1, 0.15) is 71.1 Å². The van der Waals surface area contributed by atoms with E-state index in [1.807, 2.05) is 0 Å². The molecule has 0 amide bonds. The highest BCUT2D eigenvalue weighted by Gasteiger charge is 2.42. The lowest BCUT2D eigenvalue weighted by Crippen LogP contribution is -2.36. The van der Waals surface area contributed by atoms with E-state index < -0.39 is 21.1 Å². The van der Waals surface area contributed by atoms with E-state index in [9.17, 15) is 17.9 Å². The normalized spacial score (nSPS) is 30.3. The Morgan fingerprint density at radius 1 is 1.17 bits per heavy atom. The van der Waals surface area contributed by atoms with Gasteiger partial charge in [0, 0.05) is 0 Å². The number of allylic oxidation sites excluding steroid dienone is 6. The van der Waals surface area contributed by atoms with Crippen molar-refractivity contribution in [2.24, 2.45) is 11.3 Å². The van der Waals surface area contributed by atoms with Gasteiger partial charge in [0.25, 0.3) is 0 Å². The van der Waals surface area contributed by atoms with Gasteiger partial charge in [0.2, 0.25) is 15.0 Å². The van der Waals surface area contributed by atoms with Crippen LogP contribution in [-0.4, -0.2) is 19.6 Å². The summed E-state index contributed by atoms with van der Waals surface area (Å²) >= 11 is 0. The Bertz CT molecular complexity index is 1170. The number of aliphatic hydroxyl groups excluding tert-OH is 1. The number of fused-ring (bicyclic) bond motifs is 1. The molecule has 3 nitrogen and oxygen atoms in total. The van der Waals surface area contributed by atoms with Gasteiger partial charge in [-0.15, -0.1) is 0 Å². The van der Waals surface area contributed by atoms with Crippen LogP contribution in [0.25, 0.3) is 0 Å². The van der Waals surface area contributed by atoms with E-state index in [1.165, 1.54) is 29.4 Å². The minimum absolute atomic E-state index is 0.0120. The fourth-order valence-electron chi connectivity index (χ4n) is 6.15. The summed E-state index contributed by atoms with van der Waals surface area (Å²) in [4.78, 5) is -0.0120. The molecule has 3 aliphatic rings. The average molecular weight is 497 g/mol. The van der Waals surface area contributed by atoms with Crippen LogP contribution in [0, 0.1) is 11.3 Å². The lowest BCUT2D eigenvalue weighted by Gasteiger charge is -2.47. The molecular weight excluding hydrogens is 459 g/mol. The molecule has 0 bridgehead atoms. The predicted molar refractivity (Wildman–Crippen MR) is 140 cm³/mol. The number of hydrogen-bond donors (Lipinski definition) is 1. The number of rotatable bonds is 6. The molecule has 3 unspecified atom stereocenters. The van der Waals surface area contributed by atoms with Crippen LogP contribution in [-0.2, 0) is 9.84 Å². The van der Waals surface area contributed by atoms with E-state index >= 15 is 0 Å². The third-order valence-corrected chi connectivity index (χ3v) is 9.80. The summed E-state index contributed by atoms with van der Waals surface area (Å²) in [5, 5.41) is 9.08. The maximum absolute atomic E-state index is 14.7. The zero-order valence-corrected chi connectivity index (χ0v) is 21.5. The second-order valence-corrected chi connectivity index (χ2v) is 12.2. The summed E-state index contributed by atoms with van der Waals surface area (Å²) in [7, 11) is -4.08. The predicted octanol–water partition coefficient (Wildman–Crippen LogP) is 7.53. The number of hydrogen-bond acceptors (Lipinski definition) is 3. The highest BCUT2D eigenvalue weighted by Crippen LogP contribution is 2.54. The molecular formula is C30H37FO3S. The van der Waals surface area contributed by atoms with Crippen LogP contribution in [0.4, 0.5) is 4.39 Å². The Balaban J connectivity index is 1.48. The molecule has 5 heteroatoms. The molecule has 1 aromatic rings. The highest BCUT2D eigenvalue weighted by atomic mass is 32.2. The molecule has 0 aliphatic heterocycles. The summed E-state index contributed by atoms with van der Waals surface area (Å²) in [6, 6.07) is 7.76. The lowest BCUT2D eigenvalue weighted by atomic mass is 9.57. The summed E-state index contributed by atoms with van der Waals surface area (Å²) in [6.45, 7) is 6.42. The van der Waals surface area contributed by atoms with Crippen LogP contribution >= 0.6 is 0 Å². The molecule has 3 aliphatic carbocycles. The van der Waals surface area contributed by atoms with Crippen molar-refractivity contribution in [2.45, 2.75) is 82.1 Å². The molecule has 2 saturated carbocycles. The molecule has 4 rings (SSSR count). The van der Waals surface area contributed by atoms with Crippen LogP contribution in [0.3, 0.4) is 0 Å². The summed E-state index contributed by atoms with van der Waals surface area (Å²) in [5.41, 5.74) is 4.82. The number of benzene rings is 1. The third-order valence-electron chi connectivity index (χ3n) is 8.22. The molecule has 35 heavy (non-hydrogen) atoms. The fraction of sp³-hybridized carbons (Fsp3) is 0.467. The van der Waals surface area contributed by atoms with E-state index in [-0.39, 0.29) is 10.3 Å². The first-order valence-electron chi connectivity index (χ1n) is 12.9. The van der Waals surface area contributed by atoms with Gasteiger partial charge in [0.15, 0.2) is 0 Å². The molecule has 0 saturated heterocycles. The van der Waals surface area contributed by atoms with Crippen LogP contribution < -0.4 is 0 Å². The Morgan fingerprint density at radius 3 is 2.71 bits per heavy atom. The number of aliphatic hydroxyl groups is 1. The molecule has 0 aromatic heterocycles. The first-order valence-corrected chi connectivity index (χ1v) is 14.3. The van der Waals surface area contributed by atoms with Crippen LogP contribution in [0.15, 0.2) is 93.6 Å². The molecule has 1 aromatic carbocycles. The van der Waals surface area contributed by atoms with E-state index in [4.69, 9.17) is 0 Å². The Hall–Kier alpha value is -2.24. The lowest BCUT2D eigenvalue weighted by molar-refractivity contribution is 0.184. The van der Waals surface area contributed by atoms with Crippen molar-refractivity contribution in [2.75, 3.05) is 0 Å². The van der Waals surface area contributed by atoms with Gasteiger partial charge in [0.05, 0.1) is 11.0 Å². The summed E-state index contributed by atoms with van der Waals surface area (Å²) in [5.74, 6) is 0.441. The van der Waals surface area contributed by atoms with Crippen molar-refractivity contribution in [3.8, 4) is 0 Å². The molecule has 0 heterocycles. The Labute approximate surface area is 209 Å². The van der Waals surface area contributed by atoms with Gasteiger partial charge in [-0.3, -0.25) is 0 Å². The molecule has 1 N–H and O–H groups in total. The van der Waals surface area contributed by atoms with Crippen molar-refractivity contribution >= 4 is 9.84 Å². The SMILES string of the molecule is C=C1/C(=C\C=C2/CCCC3(C)C(CC/C=C(/F)S(=O)(=O)c4ccccc4)=CCCC23)CCCC1O. The van der Waals surface area contributed by atoms with E-state index in [1.54, 1.807) is 18.2 Å². The molecule has 3 atom stereocenters. The monoisotopic (exact) mass is 496 g/mol. The van der Waals surface area contributed by atoms with Gasteiger partial charge in [-0.1, -0.05) is 61.1 Å². The van der Waals surface area contributed by atoms with E-state index in [0.29, 0.717) is 18.8 Å². The molecule has 188 valence electrons. The fourth-order valence-corrected chi connectivity index (χ4v) is 7.22. The number of sulfone groups is 1. The van der Waals surface area contributed by atoms with Crippen molar-refractivity contribution in [3.05, 3.63) is 88.7 Å². The van der Waals surface area contributed by atoms with Crippen molar-refractivity contribution < 1.29 is 17.9 Å². The molecule has 2 fully saturated rings. The van der Waals surface area contributed by atoms with Gasteiger partial charge in [-0.05, 0) is 105 Å². The van der Waals surface area contributed by atoms with E-state index in [0.717, 1.165) is 62.5 Å². The third kappa shape index (κ3) is 5.46. The van der Waals surface area contributed by atoms with Crippen LogP contribution in [0.2, 0.25) is 0 Å². The van der Waals surface area contributed by atoms with Gasteiger partial charge in [-0.2, -0.15) is 4.39 Å². The Kier molecular flexibility index (Phi) is 7.97. The highest BCUT2D eigenvalue weighted by molar-refractivity contribution is 7.95. The van der Waals surface area contributed by atoms with Gasteiger partial charge in [0.1, 0.15) is 0 Å². The smallest absolute Gasteiger partial charge is 0.232 e. The minimum atomic E-state index is -4.08. The van der Waals surface area contributed by atoms with Crippen molar-refractivity contribution in [1.29, 1.82) is 0 Å². The topological polar surface area (TPSA) is 54.4 Å². The molecule has 0 radical (unpaired) electrons. The zero-order chi connectivity index (χ0) is 25.1. The van der Waals surface area contributed by atoms with Crippen LogP contribution in [0.5, 0.6) is 0 Å². The second-order valence-electron chi connectivity index (χ2n) is 10.4. The van der Waals surface area contributed by atoms with E-state index in [2.05, 4.69) is 31.7 Å². The van der Waals surface area contributed by atoms with Crippen molar-refractivity contribution in [1.82, 2.24) is 0 Å². The van der Waals surface area contributed by atoms with Crippen molar-refractivity contribution in [3.63, 3.8) is 0 Å². The first-order chi connectivity index (χ1) is 16.7. The minimum Gasteiger partial charge on any atom is -0.388 e. The Morgan fingerprint density at radius 2 is 1.94 bits per heavy atom.